The van der Waals surface area contributed by atoms with Crippen LogP contribution in [0, 0.1) is 0 Å². The second-order valence-corrected chi connectivity index (χ2v) is 10.9. The van der Waals surface area contributed by atoms with E-state index in [0.29, 0.717) is 54.6 Å². The van der Waals surface area contributed by atoms with Gasteiger partial charge in [-0.1, -0.05) is 41.9 Å². The van der Waals surface area contributed by atoms with Crippen LogP contribution in [-0.2, 0) is 33.8 Å². The first-order chi connectivity index (χ1) is 20.4. The van der Waals surface area contributed by atoms with Crippen LogP contribution in [0.3, 0.4) is 0 Å². The maximum absolute atomic E-state index is 13.2. The Bertz CT molecular complexity index is 1430. The molecule has 5 aliphatic rings. The van der Waals surface area contributed by atoms with E-state index in [4.69, 9.17) is 25.8 Å². The Morgan fingerprint density at radius 2 is 1.83 bits per heavy atom. The molecule has 220 valence electrons. The highest BCUT2D eigenvalue weighted by Crippen LogP contribution is 2.29. The largest absolute Gasteiger partial charge is 0.493 e. The van der Waals surface area contributed by atoms with Gasteiger partial charge in [0.1, 0.15) is 11.9 Å². The number of nitrogens with one attached hydrogen (secondary N) is 2. The Balaban J connectivity index is 1.34. The second kappa shape index (κ2) is 13.6. The number of carbonyl (C=O) groups excluding carboxylic acids is 3. The molecule has 0 aromatic heterocycles. The average Bonchev–Trinajstić information content (AvgIpc) is 2.99. The van der Waals surface area contributed by atoms with Gasteiger partial charge in [0.15, 0.2) is 18.1 Å². The summed E-state index contributed by atoms with van der Waals surface area (Å²) >= 11 is 6.11. The van der Waals surface area contributed by atoms with Gasteiger partial charge in [-0.2, -0.15) is 0 Å². The third kappa shape index (κ3) is 7.73. The fourth-order valence-electron chi connectivity index (χ4n) is 5.16. The number of benzene rings is 3. The Morgan fingerprint density at radius 3 is 2.62 bits per heavy atom. The third-order valence-corrected chi connectivity index (χ3v) is 7.66. The SMILES string of the molecule is COc1cc2ccc1OCC(=O)N[C@@H]1CN(C(=O)Cc3cccc(Cl)c3)CC[C@H]1Oc1ccc(cc1)CNC(=O)CC2. The number of ether oxygens (including phenoxy) is 3. The van der Waals surface area contributed by atoms with Crippen molar-refractivity contribution >= 4 is 29.3 Å². The van der Waals surface area contributed by atoms with E-state index < -0.39 is 6.04 Å². The van der Waals surface area contributed by atoms with Crippen LogP contribution in [0.2, 0.25) is 5.02 Å². The summed E-state index contributed by atoms with van der Waals surface area (Å²) in [5.41, 5.74) is 2.69. The highest BCUT2D eigenvalue weighted by molar-refractivity contribution is 6.30. The highest BCUT2D eigenvalue weighted by atomic mass is 35.5. The molecule has 0 radical (unpaired) electrons. The number of carbonyl (C=O) groups is 3. The van der Waals surface area contributed by atoms with Gasteiger partial charge < -0.3 is 29.7 Å². The predicted molar refractivity (Wildman–Crippen MR) is 158 cm³/mol. The molecule has 8 rings (SSSR count). The third-order valence-electron chi connectivity index (χ3n) is 7.42. The topological polar surface area (TPSA) is 106 Å². The average molecular weight is 592 g/mol. The molecular formula is C32H34ClN3O6. The standard InChI is InChI=1S/C32H34ClN3O6/c1-40-29-16-21-7-11-28(29)41-20-31(38)35-26-19-36(32(39)17-23-3-2-4-24(33)15-23)14-13-27(26)42-25-9-5-22(6-10-25)18-34-30(37)12-8-21/h2-7,9-11,15-16,26-27H,8,12-14,17-20H2,1H3,(H,34,37)(H,35,38)/t26-,27-/m1/s1. The summed E-state index contributed by atoms with van der Waals surface area (Å²) in [6.45, 7) is 0.937. The fraction of sp³-hybridized carbons (Fsp3) is 0.344. The van der Waals surface area contributed by atoms with Crippen LogP contribution < -0.4 is 24.8 Å². The van der Waals surface area contributed by atoms with Gasteiger partial charge in [-0.25, -0.2) is 0 Å². The lowest BCUT2D eigenvalue weighted by Crippen LogP contribution is -2.58. The Labute approximate surface area is 250 Å². The summed E-state index contributed by atoms with van der Waals surface area (Å²) in [5, 5.41) is 6.57. The minimum atomic E-state index is -0.466. The van der Waals surface area contributed by atoms with Crippen molar-refractivity contribution in [3.05, 3.63) is 88.4 Å². The minimum Gasteiger partial charge on any atom is -0.493 e. The second-order valence-electron chi connectivity index (χ2n) is 10.5. The summed E-state index contributed by atoms with van der Waals surface area (Å²) in [6.07, 6.45) is 1.23. The molecule has 3 aromatic rings. The molecule has 0 saturated carbocycles. The number of methoxy groups -OCH3 is 1. The van der Waals surface area contributed by atoms with Crippen molar-refractivity contribution in [2.24, 2.45) is 0 Å². The molecule has 2 atom stereocenters. The van der Waals surface area contributed by atoms with Gasteiger partial charge in [0.05, 0.1) is 19.6 Å². The summed E-state index contributed by atoms with van der Waals surface area (Å²) in [7, 11) is 1.53. The van der Waals surface area contributed by atoms with Crippen LogP contribution in [0.5, 0.6) is 17.2 Å². The highest BCUT2D eigenvalue weighted by Gasteiger charge is 2.34. The lowest BCUT2D eigenvalue weighted by atomic mass is 10.0. The molecule has 3 aromatic carbocycles. The van der Waals surface area contributed by atoms with E-state index in [-0.39, 0.29) is 43.4 Å². The van der Waals surface area contributed by atoms with Gasteiger partial charge in [0, 0.05) is 37.5 Å². The summed E-state index contributed by atoms with van der Waals surface area (Å²) in [4.78, 5) is 40.5. The van der Waals surface area contributed by atoms with Gasteiger partial charge in [-0.05, 0) is 59.5 Å². The van der Waals surface area contributed by atoms with E-state index in [0.717, 1.165) is 16.7 Å². The zero-order valence-corrected chi connectivity index (χ0v) is 24.2. The van der Waals surface area contributed by atoms with E-state index in [1.165, 1.54) is 7.11 Å². The first-order valence-electron chi connectivity index (χ1n) is 14.0. The maximum Gasteiger partial charge on any atom is 0.258 e. The van der Waals surface area contributed by atoms with Gasteiger partial charge in [0.25, 0.3) is 5.91 Å². The molecule has 5 heterocycles. The van der Waals surface area contributed by atoms with Crippen LogP contribution >= 0.6 is 11.6 Å². The smallest absolute Gasteiger partial charge is 0.258 e. The monoisotopic (exact) mass is 591 g/mol. The van der Waals surface area contributed by atoms with Gasteiger partial charge >= 0.3 is 0 Å². The number of nitrogens with zero attached hydrogens (tertiary/aromatic N) is 1. The van der Waals surface area contributed by atoms with Crippen molar-refractivity contribution in [2.75, 3.05) is 26.8 Å². The molecule has 42 heavy (non-hydrogen) atoms. The van der Waals surface area contributed by atoms with Crippen molar-refractivity contribution in [1.82, 2.24) is 15.5 Å². The molecule has 1 fully saturated rings. The quantitative estimate of drug-likeness (QED) is 0.481. The van der Waals surface area contributed by atoms with E-state index in [1.54, 1.807) is 23.1 Å². The summed E-state index contributed by atoms with van der Waals surface area (Å²) in [5.74, 6) is 1.09. The maximum atomic E-state index is 13.2. The van der Waals surface area contributed by atoms with E-state index in [2.05, 4.69) is 10.6 Å². The summed E-state index contributed by atoms with van der Waals surface area (Å²) in [6, 6.07) is 19.7. The number of hydrogen-bond donors (Lipinski definition) is 2. The van der Waals surface area contributed by atoms with Crippen molar-refractivity contribution < 1.29 is 28.6 Å². The van der Waals surface area contributed by atoms with Crippen molar-refractivity contribution in [2.45, 2.75) is 44.4 Å². The van der Waals surface area contributed by atoms with Gasteiger partial charge in [0.2, 0.25) is 11.8 Å². The van der Waals surface area contributed by atoms with Crippen molar-refractivity contribution in [3.63, 3.8) is 0 Å². The number of halogens is 1. The Hall–Kier alpha value is -4.24. The lowest BCUT2D eigenvalue weighted by molar-refractivity contribution is -0.135. The van der Waals surface area contributed by atoms with E-state index >= 15 is 0 Å². The van der Waals surface area contributed by atoms with Crippen LogP contribution in [0.4, 0.5) is 0 Å². The molecule has 5 aliphatic heterocycles. The van der Waals surface area contributed by atoms with E-state index in [9.17, 15) is 14.4 Å². The lowest BCUT2D eigenvalue weighted by Gasteiger charge is -2.39. The van der Waals surface area contributed by atoms with Crippen LogP contribution in [0.25, 0.3) is 0 Å². The zero-order chi connectivity index (χ0) is 29.5. The number of rotatable bonds is 3. The summed E-state index contributed by atoms with van der Waals surface area (Å²) < 4.78 is 17.6. The first-order valence-corrected chi connectivity index (χ1v) is 14.4. The van der Waals surface area contributed by atoms with Crippen LogP contribution in [0.1, 0.15) is 29.5 Å². The molecular weight excluding hydrogens is 558 g/mol. The molecule has 4 bridgehead atoms. The number of amides is 3. The molecule has 3 amide bonds. The molecule has 0 aliphatic carbocycles. The zero-order valence-electron chi connectivity index (χ0n) is 23.4. The fourth-order valence-corrected chi connectivity index (χ4v) is 5.37. The number of aryl methyl sites for hydroxylation is 1. The first kappa shape index (κ1) is 29.3. The van der Waals surface area contributed by atoms with Gasteiger partial charge in [-0.15, -0.1) is 0 Å². The van der Waals surface area contributed by atoms with Crippen molar-refractivity contribution in [1.29, 1.82) is 0 Å². The molecule has 9 nitrogen and oxygen atoms in total. The number of likely N-dealkylation sites (tertiary alicyclic amines) is 1. The Kier molecular flexibility index (Phi) is 9.48. The van der Waals surface area contributed by atoms with Crippen LogP contribution in [0.15, 0.2) is 66.7 Å². The van der Waals surface area contributed by atoms with Gasteiger partial charge in [-0.3, -0.25) is 14.4 Å². The van der Waals surface area contributed by atoms with Crippen LogP contribution in [-0.4, -0.2) is 61.6 Å². The number of hydrogen-bond acceptors (Lipinski definition) is 6. The predicted octanol–water partition coefficient (Wildman–Crippen LogP) is 3.70. The van der Waals surface area contributed by atoms with E-state index in [1.807, 2.05) is 48.5 Å². The molecule has 2 N–H and O–H groups in total. The number of piperidine rings is 1. The van der Waals surface area contributed by atoms with Crippen molar-refractivity contribution in [3.8, 4) is 17.2 Å². The molecule has 0 spiro atoms. The molecule has 0 unspecified atom stereocenters. The Morgan fingerprint density at radius 1 is 1.02 bits per heavy atom. The minimum absolute atomic E-state index is 0.0520. The molecule has 10 heteroatoms. The molecule has 1 saturated heterocycles. The normalized spacial score (nSPS) is 19.5.